The molecule has 17 heavy (non-hydrogen) atoms. The molecule has 0 saturated carbocycles. The molecule has 1 fully saturated rings. The van der Waals surface area contributed by atoms with Crippen molar-refractivity contribution in [3.05, 3.63) is 11.7 Å². The van der Waals surface area contributed by atoms with Gasteiger partial charge < -0.3 is 14.7 Å². The normalized spacial score (nSPS) is 23.1. The Hall–Kier alpha value is -0.940. The quantitative estimate of drug-likeness (QED) is 0.836. The summed E-state index contributed by atoms with van der Waals surface area (Å²) in [6.07, 6.45) is 2.16. The van der Waals surface area contributed by atoms with Gasteiger partial charge in [0.2, 0.25) is 5.89 Å². The number of hydrogen-bond acceptors (Lipinski definition) is 5. The third-order valence-electron chi connectivity index (χ3n) is 3.58. The highest BCUT2D eigenvalue weighted by Gasteiger charge is 2.23. The Morgan fingerprint density at radius 1 is 1.59 bits per heavy atom. The van der Waals surface area contributed by atoms with Crippen LogP contribution in [0.1, 0.15) is 38.0 Å². The van der Waals surface area contributed by atoms with Crippen molar-refractivity contribution in [2.75, 3.05) is 26.7 Å². The second kappa shape index (κ2) is 5.60. The molecule has 1 N–H and O–H groups in total. The van der Waals surface area contributed by atoms with E-state index in [1.807, 2.05) is 14.0 Å². The van der Waals surface area contributed by atoms with Crippen LogP contribution in [0.4, 0.5) is 0 Å². The van der Waals surface area contributed by atoms with Crippen LogP contribution in [0.2, 0.25) is 0 Å². The summed E-state index contributed by atoms with van der Waals surface area (Å²) in [6.45, 7) is 7.75. The topological polar surface area (TPSA) is 54.2 Å². The monoisotopic (exact) mass is 238 g/mol. The summed E-state index contributed by atoms with van der Waals surface area (Å²) in [6, 6.07) is 0.156. The van der Waals surface area contributed by atoms with Gasteiger partial charge in [-0.1, -0.05) is 12.1 Å². The predicted octanol–water partition coefficient (Wildman–Crippen LogP) is 1.23. The SMILES string of the molecule is CCN1CCC(Cc2nc(C(C)NC)no2)C1. The molecule has 2 unspecified atom stereocenters. The Kier molecular flexibility index (Phi) is 4.12. The molecule has 1 aliphatic rings. The number of rotatable bonds is 5. The summed E-state index contributed by atoms with van der Waals surface area (Å²) in [4.78, 5) is 6.91. The molecular formula is C12H22N4O. The van der Waals surface area contributed by atoms with Gasteiger partial charge in [-0.25, -0.2) is 0 Å². The lowest BCUT2D eigenvalue weighted by atomic mass is 10.1. The third-order valence-corrected chi connectivity index (χ3v) is 3.58. The lowest BCUT2D eigenvalue weighted by Crippen LogP contribution is -2.20. The molecule has 1 aromatic rings. The van der Waals surface area contributed by atoms with Crippen molar-refractivity contribution < 1.29 is 4.52 Å². The van der Waals surface area contributed by atoms with Gasteiger partial charge in [-0.05, 0) is 39.4 Å². The Morgan fingerprint density at radius 2 is 2.41 bits per heavy atom. The zero-order valence-corrected chi connectivity index (χ0v) is 10.9. The smallest absolute Gasteiger partial charge is 0.227 e. The lowest BCUT2D eigenvalue weighted by molar-refractivity contribution is 0.321. The van der Waals surface area contributed by atoms with Gasteiger partial charge in [0.25, 0.3) is 0 Å². The lowest BCUT2D eigenvalue weighted by Gasteiger charge is -2.11. The van der Waals surface area contributed by atoms with Gasteiger partial charge in [0.15, 0.2) is 5.82 Å². The summed E-state index contributed by atoms with van der Waals surface area (Å²) in [5.41, 5.74) is 0. The Labute approximate surface area is 103 Å². The van der Waals surface area contributed by atoms with E-state index in [9.17, 15) is 0 Å². The average molecular weight is 238 g/mol. The van der Waals surface area contributed by atoms with E-state index in [2.05, 4.69) is 27.3 Å². The van der Waals surface area contributed by atoms with Gasteiger partial charge in [0.1, 0.15) is 0 Å². The molecular weight excluding hydrogens is 216 g/mol. The Morgan fingerprint density at radius 3 is 3.06 bits per heavy atom. The number of likely N-dealkylation sites (tertiary alicyclic amines) is 1. The maximum absolute atomic E-state index is 5.30. The minimum atomic E-state index is 0.156. The van der Waals surface area contributed by atoms with E-state index < -0.39 is 0 Å². The van der Waals surface area contributed by atoms with Crippen LogP contribution in [0, 0.1) is 5.92 Å². The first-order chi connectivity index (χ1) is 8.22. The average Bonchev–Trinajstić information content (AvgIpc) is 2.97. The van der Waals surface area contributed by atoms with Crippen molar-refractivity contribution in [1.29, 1.82) is 0 Å². The van der Waals surface area contributed by atoms with E-state index in [4.69, 9.17) is 4.52 Å². The van der Waals surface area contributed by atoms with Crippen LogP contribution in [0.5, 0.6) is 0 Å². The van der Waals surface area contributed by atoms with Crippen LogP contribution in [-0.2, 0) is 6.42 Å². The van der Waals surface area contributed by atoms with E-state index in [0.717, 1.165) is 31.2 Å². The molecule has 0 aliphatic carbocycles. The summed E-state index contributed by atoms with van der Waals surface area (Å²) >= 11 is 0. The van der Waals surface area contributed by atoms with E-state index in [0.29, 0.717) is 5.92 Å². The van der Waals surface area contributed by atoms with Crippen LogP contribution in [-0.4, -0.2) is 41.7 Å². The maximum atomic E-state index is 5.30. The molecule has 0 amide bonds. The maximum Gasteiger partial charge on any atom is 0.227 e. The largest absolute Gasteiger partial charge is 0.339 e. The zero-order valence-electron chi connectivity index (χ0n) is 10.9. The highest BCUT2D eigenvalue weighted by molar-refractivity contribution is 4.94. The molecule has 2 rings (SSSR count). The Balaban J connectivity index is 1.89. The number of nitrogens with one attached hydrogen (secondary N) is 1. The van der Waals surface area contributed by atoms with Crippen LogP contribution in [0.3, 0.4) is 0 Å². The highest BCUT2D eigenvalue weighted by atomic mass is 16.5. The fraction of sp³-hybridized carbons (Fsp3) is 0.833. The fourth-order valence-electron chi connectivity index (χ4n) is 2.27. The molecule has 2 heterocycles. The van der Waals surface area contributed by atoms with Crippen LogP contribution in [0.25, 0.3) is 0 Å². The summed E-state index contributed by atoms with van der Waals surface area (Å²) in [7, 11) is 1.90. The molecule has 96 valence electrons. The van der Waals surface area contributed by atoms with Gasteiger partial charge in [0.05, 0.1) is 6.04 Å². The van der Waals surface area contributed by atoms with Crippen molar-refractivity contribution in [1.82, 2.24) is 20.4 Å². The number of nitrogens with zero attached hydrogens (tertiary/aromatic N) is 3. The van der Waals surface area contributed by atoms with Crippen molar-refractivity contribution in [2.45, 2.75) is 32.7 Å². The molecule has 0 aromatic carbocycles. The number of hydrogen-bond donors (Lipinski definition) is 1. The number of aromatic nitrogens is 2. The molecule has 5 heteroatoms. The summed E-state index contributed by atoms with van der Waals surface area (Å²) in [5, 5.41) is 7.12. The molecule has 0 bridgehead atoms. The second-order valence-electron chi connectivity index (χ2n) is 4.81. The van der Waals surface area contributed by atoms with Crippen LogP contribution in [0.15, 0.2) is 4.52 Å². The highest BCUT2D eigenvalue weighted by Crippen LogP contribution is 2.20. The molecule has 5 nitrogen and oxygen atoms in total. The predicted molar refractivity (Wildman–Crippen MR) is 65.7 cm³/mol. The molecule has 1 aliphatic heterocycles. The molecule has 0 radical (unpaired) electrons. The molecule has 0 spiro atoms. The van der Waals surface area contributed by atoms with Gasteiger partial charge in [-0.3, -0.25) is 0 Å². The third kappa shape index (κ3) is 3.04. The van der Waals surface area contributed by atoms with E-state index in [1.54, 1.807) is 0 Å². The first-order valence-electron chi connectivity index (χ1n) is 6.45. The molecule has 1 saturated heterocycles. The first-order valence-corrected chi connectivity index (χ1v) is 6.45. The van der Waals surface area contributed by atoms with Gasteiger partial charge >= 0.3 is 0 Å². The molecule has 2 atom stereocenters. The van der Waals surface area contributed by atoms with Gasteiger partial charge in [-0.15, -0.1) is 0 Å². The van der Waals surface area contributed by atoms with E-state index in [1.165, 1.54) is 13.0 Å². The zero-order chi connectivity index (χ0) is 12.3. The second-order valence-corrected chi connectivity index (χ2v) is 4.81. The standard InChI is InChI=1S/C12H22N4O/c1-4-16-6-5-10(8-16)7-11-14-12(15-17-11)9(2)13-3/h9-10,13H,4-8H2,1-3H3. The molecule has 1 aromatic heterocycles. The van der Waals surface area contributed by atoms with Crippen LogP contribution < -0.4 is 5.32 Å². The minimum absolute atomic E-state index is 0.156. The van der Waals surface area contributed by atoms with Crippen molar-refractivity contribution in [2.24, 2.45) is 5.92 Å². The fourth-order valence-corrected chi connectivity index (χ4v) is 2.27. The Bertz CT molecular complexity index is 352. The summed E-state index contributed by atoms with van der Waals surface area (Å²) in [5.74, 6) is 2.21. The van der Waals surface area contributed by atoms with Crippen molar-refractivity contribution in [3.8, 4) is 0 Å². The van der Waals surface area contributed by atoms with Crippen molar-refractivity contribution >= 4 is 0 Å². The van der Waals surface area contributed by atoms with E-state index in [-0.39, 0.29) is 6.04 Å². The first kappa shape index (κ1) is 12.5. The van der Waals surface area contributed by atoms with Gasteiger partial charge in [-0.2, -0.15) is 4.98 Å². The summed E-state index contributed by atoms with van der Waals surface area (Å²) < 4.78 is 5.30. The van der Waals surface area contributed by atoms with E-state index >= 15 is 0 Å². The van der Waals surface area contributed by atoms with Gasteiger partial charge in [0, 0.05) is 13.0 Å². The van der Waals surface area contributed by atoms with Crippen molar-refractivity contribution in [3.63, 3.8) is 0 Å². The minimum Gasteiger partial charge on any atom is -0.339 e. The van der Waals surface area contributed by atoms with Crippen LogP contribution >= 0.6 is 0 Å².